The Morgan fingerprint density at radius 1 is 0.220 bits per heavy atom. The first kappa shape index (κ1) is 81.1. The Kier molecular flexibility index (Phi) is 52.6. The van der Waals surface area contributed by atoms with Crippen molar-refractivity contribution in [1.82, 2.24) is 10.0 Å². The monoisotopic (exact) mass is 1190 g/mol. The second-order valence-electron chi connectivity index (χ2n) is 20.1. The van der Waals surface area contributed by atoms with Crippen molar-refractivity contribution in [1.29, 1.82) is 0 Å². The van der Waals surface area contributed by atoms with Crippen molar-refractivity contribution < 1.29 is 96.2 Å². The molecule has 0 bridgehead atoms. The highest BCUT2D eigenvalue weighted by Gasteiger charge is 2.29. The van der Waals surface area contributed by atoms with Crippen LogP contribution in [0.3, 0.4) is 0 Å². The SMILES string of the molecule is CCCOC(CC)OC(CC)OC(CC)OC(O)CCN(CCC(O)OC(CC)OC(CC)OC(CC)OCCC)N(CCC(O)OC(CC)OC(CC)OC(CC)OCCC)CCC(O)OC(CC)OC(CC)OC(CC)OCCC. The minimum atomic E-state index is -1.29. The van der Waals surface area contributed by atoms with Crippen LogP contribution >= 0.6 is 0 Å². The summed E-state index contributed by atoms with van der Waals surface area (Å²) in [4.78, 5) is 0. The van der Waals surface area contributed by atoms with Gasteiger partial charge < -0.3 is 96.2 Å². The Bertz CT molecular complexity index is 1180. The molecular formula is C60H124N2O20. The maximum atomic E-state index is 11.6. The van der Waals surface area contributed by atoms with Gasteiger partial charge in [-0.2, -0.15) is 0 Å². The van der Waals surface area contributed by atoms with Crippen LogP contribution in [0.4, 0.5) is 0 Å². The van der Waals surface area contributed by atoms with Crippen molar-refractivity contribution in [2.24, 2.45) is 0 Å². The molecule has 0 aromatic rings. The molecule has 0 aliphatic rings. The van der Waals surface area contributed by atoms with E-state index in [9.17, 15) is 20.4 Å². The number of hydrogen-bond acceptors (Lipinski definition) is 22. The highest BCUT2D eigenvalue weighted by Crippen LogP contribution is 2.22. The summed E-state index contributed by atoms with van der Waals surface area (Å²) in [5.74, 6) is 0. The third-order valence-electron chi connectivity index (χ3n) is 12.6. The molecule has 0 spiro atoms. The third-order valence-corrected chi connectivity index (χ3v) is 12.6. The molecular weight excluding hydrogens is 1070 g/mol. The lowest BCUT2D eigenvalue weighted by Crippen LogP contribution is -2.48. The smallest absolute Gasteiger partial charge is 0.163 e. The van der Waals surface area contributed by atoms with Gasteiger partial charge in [-0.1, -0.05) is 111 Å². The van der Waals surface area contributed by atoms with E-state index in [2.05, 4.69) is 0 Å². The topological polar surface area (TPSA) is 235 Å². The van der Waals surface area contributed by atoms with Crippen LogP contribution in [0.25, 0.3) is 0 Å². The van der Waals surface area contributed by atoms with Gasteiger partial charge in [-0.3, -0.25) is 0 Å². The summed E-state index contributed by atoms with van der Waals surface area (Å²) in [6, 6.07) is 0. The molecule has 494 valence electrons. The van der Waals surface area contributed by atoms with Crippen LogP contribution in [0.5, 0.6) is 0 Å². The Balaban J connectivity index is 6.97. The summed E-state index contributed by atoms with van der Waals surface area (Å²) in [6.07, 6.45) is -2.62. The van der Waals surface area contributed by atoms with Crippen molar-refractivity contribution in [2.45, 2.75) is 340 Å². The molecule has 0 amide bonds. The number of nitrogens with zero attached hydrogens (tertiary/aromatic N) is 2. The fraction of sp³-hybridized carbons (Fsp3) is 1.00. The van der Waals surface area contributed by atoms with Gasteiger partial charge in [-0.05, 0) is 103 Å². The third kappa shape index (κ3) is 39.1. The van der Waals surface area contributed by atoms with E-state index < -0.39 is 101 Å². The highest BCUT2D eigenvalue weighted by atomic mass is 16.8. The van der Waals surface area contributed by atoms with Gasteiger partial charge in [0.25, 0.3) is 0 Å². The van der Waals surface area contributed by atoms with Crippen molar-refractivity contribution in [3.8, 4) is 0 Å². The molecule has 22 nitrogen and oxygen atoms in total. The summed E-state index contributed by atoms with van der Waals surface area (Å²) in [5, 5.41) is 50.1. The highest BCUT2D eigenvalue weighted by molar-refractivity contribution is 4.66. The summed E-state index contributed by atoms with van der Waals surface area (Å²) in [6.45, 7) is 34.4. The van der Waals surface area contributed by atoms with E-state index >= 15 is 0 Å². The number of rotatable bonds is 61. The van der Waals surface area contributed by atoms with Crippen molar-refractivity contribution in [3.05, 3.63) is 0 Å². The van der Waals surface area contributed by atoms with E-state index in [4.69, 9.17) is 75.8 Å². The van der Waals surface area contributed by atoms with Crippen LogP contribution < -0.4 is 0 Å². The van der Waals surface area contributed by atoms with Gasteiger partial charge in [0.1, 0.15) is 0 Å². The van der Waals surface area contributed by atoms with Crippen molar-refractivity contribution in [3.63, 3.8) is 0 Å². The van der Waals surface area contributed by atoms with Crippen LogP contribution in [0, 0.1) is 0 Å². The first-order valence-electron chi connectivity index (χ1n) is 32.1. The molecule has 82 heavy (non-hydrogen) atoms. The minimum Gasteiger partial charge on any atom is -0.368 e. The van der Waals surface area contributed by atoms with E-state index in [1.807, 2.05) is 121 Å². The number of hydrogen-bond donors (Lipinski definition) is 4. The number of ether oxygens (including phenoxy) is 16. The number of aliphatic hydroxyl groups is 4. The van der Waals surface area contributed by atoms with E-state index in [0.717, 1.165) is 25.7 Å². The maximum Gasteiger partial charge on any atom is 0.163 e. The molecule has 0 heterocycles. The molecule has 0 aliphatic heterocycles. The molecule has 4 N–H and O–H groups in total. The zero-order valence-electron chi connectivity index (χ0n) is 54.3. The van der Waals surface area contributed by atoms with E-state index in [1.165, 1.54) is 0 Å². The fourth-order valence-corrected chi connectivity index (χ4v) is 7.96. The van der Waals surface area contributed by atoms with Crippen LogP contribution in [0.1, 0.15) is 239 Å². The zero-order valence-corrected chi connectivity index (χ0v) is 54.3. The minimum absolute atomic E-state index is 0.0882. The molecule has 22 heteroatoms. The fourth-order valence-electron chi connectivity index (χ4n) is 7.96. The van der Waals surface area contributed by atoms with Gasteiger partial charge in [0.2, 0.25) is 0 Å². The quantitative estimate of drug-likeness (QED) is 0.0327. The largest absolute Gasteiger partial charge is 0.368 e. The molecule has 16 atom stereocenters. The van der Waals surface area contributed by atoms with Crippen LogP contribution in [0.2, 0.25) is 0 Å². The molecule has 0 fully saturated rings. The summed E-state index contributed by atoms with van der Waals surface area (Å²) < 4.78 is 97.4. The van der Waals surface area contributed by atoms with Gasteiger partial charge in [-0.25, -0.2) is 10.0 Å². The molecule has 0 rings (SSSR count). The predicted octanol–water partition coefficient (Wildman–Crippen LogP) is 11.1. The van der Waals surface area contributed by atoms with Crippen LogP contribution in [0.15, 0.2) is 0 Å². The van der Waals surface area contributed by atoms with Gasteiger partial charge in [-0.15, -0.1) is 0 Å². The lowest BCUT2D eigenvalue weighted by molar-refractivity contribution is -0.321. The lowest BCUT2D eigenvalue weighted by Gasteiger charge is -2.38. The summed E-state index contributed by atoms with van der Waals surface area (Å²) in [7, 11) is 0. The summed E-state index contributed by atoms with van der Waals surface area (Å²) >= 11 is 0. The van der Waals surface area contributed by atoms with Crippen LogP contribution in [-0.4, -0.2) is 184 Å². The van der Waals surface area contributed by atoms with Crippen molar-refractivity contribution >= 4 is 0 Å². The zero-order chi connectivity index (χ0) is 61.5. The van der Waals surface area contributed by atoms with Gasteiger partial charge >= 0.3 is 0 Å². The normalized spacial score (nSPS) is 18.4. The maximum absolute atomic E-state index is 11.6. The van der Waals surface area contributed by atoms with Crippen molar-refractivity contribution in [2.75, 3.05) is 52.6 Å². The average Bonchev–Trinajstić information content (AvgIpc) is 3.49. The first-order chi connectivity index (χ1) is 39.6. The standard InChI is InChI=1S/C60H124N2O20/c1-17-41-67-49(21-5)75-57(29-13)79-53(25-9)71-45(63)33-37-61(38-34-46(64)72-54(26-10)80-58(30-14)76-50(22-6)68-42-18-2)62(39-35-47(65)73-55(27-11)81-59(31-15)77-51(23-7)69-43-19-3)40-36-48(66)74-56(28-12)82-60(32-16)78-52(24-8)70-44-20-4/h45-60,63-66H,17-44H2,1-16H3. The van der Waals surface area contributed by atoms with Gasteiger partial charge in [0.15, 0.2) is 101 Å². The Morgan fingerprint density at radius 3 is 0.512 bits per heavy atom. The van der Waals surface area contributed by atoms with E-state index in [-0.39, 0.29) is 51.9 Å². The number of aliphatic hydroxyl groups excluding tert-OH is 4. The second-order valence-corrected chi connectivity index (χ2v) is 20.1. The Labute approximate surface area is 497 Å². The second kappa shape index (κ2) is 53.2. The molecule has 0 aliphatic carbocycles. The van der Waals surface area contributed by atoms with E-state index in [0.29, 0.717) is 103 Å². The molecule has 16 unspecified atom stereocenters. The van der Waals surface area contributed by atoms with E-state index in [1.54, 1.807) is 0 Å². The average molecular weight is 1190 g/mol. The molecule has 0 aromatic carbocycles. The van der Waals surface area contributed by atoms with Gasteiger partial charge in [0.05, 0.1) is 0 Å². The van der Waals surface area contributed by atoms with Gasteiger partial charge in [0, 0.05) is 78.3 Å². The van der Waals surface area contributed by atoms with Crippen LogP contribution in [-0.2, 0) is 75.8 Å². The predicted molar refractivity (Wildman–Crippen MR) is 313 cm³/mol. The molecule has 0 aromatic heterocycles. The Morgan fingerprint density at radius 2 is 0.366 bits per heavy atom. The molecule has 0 saturated carbocycles. The molecule has 0 radical (unpaired) electrons. The molecule has 0 saturated heterocycles. The summed E-state index contributed by atoms with van der Waals surface area (Å²) in [5.41, 5.74) is 0. The lowest BCUT2D eigenvalue weighted by atomic mass is 10.3. The Hall–Kier alpha value is -0.880. The number of hydrazine groups is 1. The first-order valence-corrected chi connectivity index (χ1v) is 32.1.